The fourth-order valence-electron chi connectivity index (χ4n) is 1.37. The van der Waals surface area contributed by atoms with Gasteiger partial charge in [-0.3, -0.25) is 4.79 Å². The number of aliphatic carboxylic acids is 1. The van der Waals surface area contributed by atoms with Crippen LogP contribution in [0.25, 0.3) is 0 Å². The summed E-state index contributed by atoms with van der Waals surface area (Å²) < 4.78 is 0. The molecule has 0 bridgehead atoms. The van der Waals surface area contributed by atoms with Crippen LogP contribution >= 0.6 is 11.8 Å². The summed E-state index contributed by atoms with van der Waals surface area (Å²) in [7, 11) is 0. The van der Waals surface area contributed by atoms with Gasteiger partial charge in [-0.1, -0.05) is 12.1 Å². The molecule has 0 atom stereocenters. The Bertz CT molecular complexity index is 385. The summed E-state index contributed by atoms with van der Waals surface area (Å²) in [6.07, 6.45) is 1.51. The van der Waals surface area contributed by atoms with Gasteiger partial charge in [0.05, 0.1) is 5.41 Å². The zero-order valence-corrected chi connectivity index (χ0v) is 8.96. The van der Waals surface area contributed by atoms with Crippen LogP contribution in [0.5, 0.6) is 5.75 Å². The second-order valence-electron chi connectivity index (χ2n) is 3.84. The molecule has 80 valence electrons. The van der Waals surface area contributed by atoms with E-state index in [4.69, 9.17) is 5.11 Å². The Morgan fingerprint density at radius 2 is 2.07 bits per heavy atom. The van der Waals surface area contributed by atoms with Crippen molar-refractivity contribution in [1.82, 2.24) is 0 Å². The molecule has 1 aliphatic rings. The lowest BCUT2D eigenvalue weighted by Gasteiger charge is -2.09. The van der Waals surface area contributed by atoms with Gasteiger partial charge >= 0.3 is 5.97 Å². The number of hydrogen-bond acceptors (Lipinski definition) is 3. The number of phenols is 1. The average Bonchev–Trinajstić information content (AvgIpc) is 2.98. The highest BCUT2D eigenvalue weighted by atomic mass is 32.2. The number of carboxylic acid groups (broad SMARTS) is 1. The van der Waals surface area contributed by atoms with Crippen molar-refractivity contribution in [2.45, 2.75) is 17.7 Å². The second kappa shape index (κ2) is 3.77. The largest absolute Gasteiger partial charge is 0.507 e. The van der Waals surface area contributed by atoms with Gasteiger partial charge < -0.3 is 10.2 Å². The van der Waals surface area contributed by atoms with Crippen LogP contribution in [0.1, 0.15) is 12.8 Å². The normalized spacial score (nSPS) is 17.3. The van der Waals surface area contributed by atoms with Gasteiger partial charge in [0.15, 0.2) is 0 Å². The number of carboxylic acids is 1. The molecule has 0 saturated heterocycles. The molecule has 0 spiro atoms. The first-order valence-corrected chi connectivity index (χ1v) is 5.77. The van der Waals surface area contributed by atoms with Crippen molar-refractivity contribution < 1.29 is 15.0 Å². The Morgan fingerprint density at radius 1 is 1.40 bits per heavy atom. The Morgan fingerprint density at radius 3 is 2.60 bits per heavy atom. The third kappa shape index (κ3) is 2.09. The van der Waals surface area contributed by atoms with E-state index in [1.165, 1.54) is 11.8 Å². The number of rotatable bonds is 4. The predicted octanol–water partition coefficient (Wildman–Crippen LogP) is 2.35. The molecule has 3 nitrogen and oxygen atoms in total. The van der Waals surface area contributed by atoms with Crippen LogP contribution in [-0.2, 0) is 4.79 Å². The summed E-state index contributed by atoms with van der Waals surface area (Å²) in [4.78, 5) is 11.7. The molecule has 0 aliphatic heterocycles. The molecule has 2 N–H and O–H groups in total. The third-order valence-electron chi connectivity index (χ3n) is 2.68. The summed E-state index contributed by atoms with van der Waals surface area (Å²) in [6.45, 7) is 0. The maximum absolute atomic E-state index is 10.9. The molecule has 0 amide bonds. The van der Waals surface area contributed by atoms with Crippen molar-refractivity contribution in [1.29, 1.82) is 0 Å². The maximum Gasteiger partial charge on any atom is 0.310 e. The van der Waals surface area contributed by atoms with Gasteiger partial charge in [-0.05, 0) is 25.0 Å². The third-order valence-corrected chi connectivity index (χ3v) is 4.03. The lowest BCUT2D eigenvalue weighted by molar-refractivity contribution is -0.142. The first-order valence-electron chi connectivity index (χ1n) is 4.78. The van der Waals surface area contributed by atoms with Crippen LogP contribution in [0.4, 0.5) is 0 Å². The number of hydrogen-bond donors (Lipinski definition) is 2. The van der Waals surface area contributed by atoms with Crippen LogP contribution in [0, 0.1) is 5.41 Å². The fraction of sp³-hybridized carbons (Fsp3) is 0.364. The van der Waals surface area contributed by atoms with Gasteiger partial charge in [-0.25, -0.2) is 0 Å². The smallest absolute Gasteiger partial charge is 0.310 e. The Hall–Kier alpha value is -1.16. The molecular weight excluding hydrogens is 212 g/mol. The van der Waals surface area contributed by atoms with Crippen molar-refractivity contribution in [3.63, 3.8) is 0 Å². The molecular formula is C11H12O3S. The summed E-state index contributed by atoms with van der Waals surface area (Å²) in [5, 5.41) is 18.5. The van der Waals surface area contributed by atoms with Crippen LogP contribution < -0.4 is 0 Å². The monoisotopic (exact) mass is 224 g/mol. The number of para-hydroxylation sites is 1. The van der Waals surface area contributed by atoms with E-state index in [9.17, 15) is 9.90 Å². The molecule has 1 saturated carbocycles. The average molecular weight is 224 g/mol. The SMILES string of the molecule is O=C(O)C1(CSc2ccccc2O)CC1. The topological polar surface area (TPSA) is 57.5 Å². The molecule has 1 aromatic carbocycles. The number of phenolic OH excluding ortho intramolecular Hbond substituents is 1. The first-order chi connectivity index (χ1) is 7.14. The minimum atomic E-state index is -0.717. The van der Waals surface area contributed by atoms with E-state index >= 15 is 0 Å². The summed E-state index contributed by atoms with van der Waals surface area (Å²) in [5.74, 6) is 0.0500. The van der Waals surface area contributed by atoms with E-state index in [-0.39, 0.29) is 5.75 Å². The van der Waals surface area contributed by atoms with Crippen molar-refractivity contribution >= 4 is 17.7 Å². The fourth-order valence-corrected chi connectivity index (χ4v) is 2.60. The Balaban J connectivity index is 2.00. The molecule has 0 radical (unpaired) electrons. The second-order valence-corrected chi connectivity index (χ2v) is 4.86. The van der Waals surface area contributed by atoms with Crippen molar-refractivity contribution in [2.75, 3.05) is 5.75 Å². The molecule has 1 aromatic rings. The molecule has 4 heteroatoms. The Kier molecular flexibility index (Phi) is 2.61. The van der Waals surface area contributed by atoms with Crippen molar-refractivity contribution in [2.24, 2.45) is 5.41 Å². The lowest BCUT2D eigenvalue weighted by atomic mass is 10.1. The Labute approximate surface area is 92.1 Å². The molecule has 0 heterocycles. The van der Waals surface area contributed by atoms with E-state index in [1.54, 1.807) is 18.2 Å². The zero-order chi connectivity index (χ0) is 10.9. The van der Waals surface area contributed by atoms with Crippen LogP contribution in [0.15, 0.2) is 29.2 Å². The minimum absolute atomic E-state index is 0.226. The number of thioether (sulfide) groups is 1. The highest BCUT2D eigenvalue weighted by Crippen LogP contribution is 2.50. The van der Waals surface area contributed by atoms with Gasteiger partial charge in [-0.2, -0.15) is 0 Å². The van der Waals surface area contributed by atoms with Crippen molar-refractivity contribution in [3.05, 3.63) is 24.3 Å². The summed E-state index contributed by atoms with van der Waals surface area (Å²) in [5.41, 5.74) is -0.535. The minimum Gasteiger partial charge on any atom is -0.507 e. The predicted molar refractivity (Wildman–Crippen MR) is 58.1 cm³/mol. The van der Waals surface area contributed by atoms with Gasteiger partial charge in [0.2, 0.25) is 0 Å². The number of benzene rings is 1. The summed E-state index contributed by atoms with van der Waals surface area (Å²) >= 11 is 1.41. The quantitative estimate of drug-likeness (QED) is 0.771. The number of carbonyl (C=O) groups is 1. The maximum atomic E-state index is 10.9. The van der Waals surface area contributed by atoms with Crippen LogP contribution in [0.3, 0.4) is 0 Å². The molecule has 2 rings (SSSR count). The van der Waals surface area contributed by atoms with Crippen LogP contribution in [0.2, 0.25) is 0 Å². The van der Waals surface area contributed by atoms with E-state index in [1.807, 2.05) is 6.07 Å². The molecule has 1 aliphatic carbocycles. The standard InChI is InChI=1S/C11H12O3S/c12-8-3-1-2-4-9(8)15-7-11(5-6-11)10(13)14/h1-4,12H,5-7H2,(H,13,14). The van der Waals surface area contributed by atoms with Crippen LogP contribution in [-0.4, -0.2) is 21.9 Å². The lowest BCUT2D eigenvalue weighted by Crippen LogP contribution is -2.17. The van der Waals surface area contributed by atoms with E-state index in [0.717, 1.165) is 17.7 Å². The van der Waals surface area contributed by atoms with Gasteiger partial charge in [0, 0.05) is 10.6 Å². The molecule has 1 fully saturated rings. The van der Waals surface area contributed by atoms with Crippen molar-refractivity contribution in [3.8, 4) is 5.75 Å². The van der Waals surface area contributed by atoms with Gasteiger partial charge in [-0.15, -0.1) is 11.8 Å². The molecule has 15 heavy (non-hydrogen) atoms. The highest BCUT2D eigenvalue weighted by Gasteiger charge is 2.50. The zero-order valence-electron chi connectivity index (χ0n) is 8.14. The number of aromatic hydroxyl groups is 1. The van der Waals surface area contributed by atoms with Gasteiger partial charge in [0.1, 0.15) is 5.75 Å². The molecule has 0 unspecified atom stereocenters. The van der Waals surface area contributed by atoms with E-state index < -0.39 is 11.4 Å². The first kappa shape index (κ1) is 10.4. The molecule has 0 aromatic heterocycles. The summed E-state index contributed by atoms with van der Waals surface area (Å²) in [6, 6.07) is 7.01. The van der Waals surface area contributed by atoms with E-state index in [2.05, 4.69) is 0 Å². The van der Waals surface area contributed by atoms with E-state index in [0.29, 0.717) is 5.75 Å². The highest BCUT2D eigenvalue weighted by molar-refractivity contribution is 7.99. The van der Waals surface area contributed by atoms with Gasteiger partial charge in [0.25, 0.3) is 0 Å².